The molecule has 0 bridgehead atoms. The van der Waals surface area contributed by atoms with Crippen LogP contribution in [0.1, 0.15) is 43.8 Å². The summed E-state index contributed by atoms with van der Waals surface area (Å²) in [5.41, 5.74) is 14.7. The molecule has 1 atom stereocenters. The van der Waals surface area contributed by atoms with Gasteiger partial charge in [-0.2, -0.15) is 0 Å². The number of para-hydroxylation sites is 1. The van der Waals surface area contributed by atoms with Crippen LogP contribution in [0.4, 0.5) is 5.82 Å². The number of fused-ring (bicyclic) bond motifs is 2. The molecule has 9 nitrogen and oxygen atoms in total. The highest BCUT2D eigenvalue weighted by Gasteiger charge is 2.20. The third kappa shape index (κ3) is 4.80. The first-order chi connectivity index (χ1) is 17.7. The van der Waals surface area contributed by atoms with Crippen molar-refractivity contribution in [3.63, 3.8) is 0 Å². The summed E-state index contributed by atoms with van der Waals surface area (Å²) in [6, 6.07) is 16.4. The monoisotopic (exact) mass is 492 g/mol. The summed E-state index contributed by atoms with van der Waals surface area (Å²) in [6.07, 6.45) is 3.50. The first-order valence-corrected chi connectivity index (χ1v) is 12.0. The summed E-state index contributed by atoms with van der Waals surface area (Å²) in [5, 5.41) is 8.24. The number of nitrogen functional groups attached to an aromatic ring is 1. The van der Waals surface area contributed by atoms with Gasteiger partial charge in [-0.15, -0.1) is 5.10 Å². The van der Waals surface area contributed by atoms with E-state index in [1.807, 2.05) is 69.3 Å². The van der Waals surface area contributed by atoms with E-state index in [-0.39, 0.29) is 11.6 Å². The van der Waals surface area contributed by atoms with Gasteiger partial charge in [-0.3, -0.25) is 9.36 Å². The lowest BCUT2D eigenvalue weighted by Crippen LogP contribution is -2.30. The Bertz CT molecular complexity index is 1720. The Kier molecular flexibility index (Phi) is 6.21. The van der Waals surface area contributed by atoms with Crippen molar-refractivity contribution in [1.29, 1.82) is 0 Å². The predicted molar refractivity (Wildman–Crippen MR) is 145 cm³/mol. The maximum Gasteiger partial charge on any atom is 0.267 e. The van der Waals surface area contributed by atoms with Gasteiger partial charge >= 0.3 is 0 Å². The predicted octanol–water partition coefficient (Wildman–Crippen LogP) is 2.95. The van der Waals surface area contributed by atoms with Gasteiger partial charge in [0.15, 0.2) is 11.5 Å². The molecule has 0 radical (unpaired) electrons. The van der Waals surface area contributed by atoms with Crippen molar-refractivity contribution in [2.24, 2.45) is 5.73 Å². The molecular formula is C28H28N8O. The zero-order chi connectivity index (χ0) is 26.2. The Hall–Kier alpha value is -4.52. The van der Waals surface area contributed by atoms with Gasteiger partial charge < -0.3 is 16.8 Å². The smallest absolute Gasteiger partial charge is 0.267 e. The van der Waals surface area contributed by atoms with E-state index in [0.717, 1.165) is 5.56 Å². The quantitative estimate of drug-likeness (QED) is 0.322. The average molecular weight is 493 g/mol. The number of hydrogen-bond donors (Lipinski definition) is 3. The molecule has 0 saturated heterocycles. The third-order valence-corrected chi connectivity index (χ3v) is 5.95. The molecule has 5 rings (SSSR count). The molecule has 37 heavy (non-hydrogen) atoms. The van der Waals surface area contributed by atoms with E-state index in [0.29, 0.717) is 46.0 Å². The zero-order valence-corrected chi connectivity index (χ0v) is 20.9. The van der Waals surface area contributed by atoms with Crippen molar-refractivity contribution in [2.75, 3.05) is 5.73 Å². The van der Waals surface area contributed by atoms with E-state index in [1.165, 1.54) is 0 Å². The van der Waals surface area contributed by atoms with Crippen LogP contribution in [0.5, 0.6) is 0 Å². The number of rotatable bonds is 5. The number of hydrogen-bond acceptors (Lipinski definition) is 7. The van der Waals surface area contributed by atoms with Crippen molar-refractivity contribution in [2.45, 2.75) is 38.9 Å². The molecule has 0 aliphatic rings. The lowest BCUT2D eigenvalue weighted by molar-refractivity contribution is 0.534. The molecule has 0 spiro atoms. The van der Waals surface area contributed by atoms with Gasteiger partial charge in [0.05, 0.1) is 33.7 Å². The molecule has 1 unspecified atom stereocenters. The Morgan fingerprint density at radius 2 is 1.89 bits per heavy atom. The van der Waals surface area contributed by atoms with Crippen molar-refractivity contribution >= 4 is 22.4 Å². The van der Waals surface area contributed by atoms with E-state index >= 15 is 0 Å². The van der Waals surface area contributed by atoms with Crippen LogP contribution in [-0.2, 0) is 6.54 Å². The molecular weight excluding hydrogens is 464 g/mol. The van der Waals surface area contributed by atoms with Crippen LogP contribution in [0.25, 0.3) is 22.2 Å². The second-order valence-corrected chi connectivity index (χ2v) is 9.47. The van der Waals surface area contributed by atoms with Crippen LogP contribution in [0.2, 0.25) is 0 Å². The van der Waals surface area contributed by atoms with Crippen molar-refractivity contribution in [3.05, 3.63) is 94.3 Å². The highest BCUT2D eigenvalue weighted by Crippen LogP contribution is 2.22. The fourth-order valence-corrected chi connectivity index (χ4v) is 4.16. The summed E-state index contributed by atoms with van der Waals surface area (Å²) < 4.78 is 3.28. The van der Waals surface area contributed by atoms with E-state index in [1.54, 1.807) is 27.5 Å². The van der Waals surface area contributed by atoms with Gasteiger partial charge in [0.1, 0.15) is 5.82 Å². The molecule has 0 amide bonds. The summed E-state index contributed by atoms with van der Waals surface area (Å²) in [6.45, 7) is 6.00. The van der Waals surface area contributed by atoms with Crippen molar-refractivity contribution < 1.29 is 0 Å². The largest absolute Gasteiger partial charge is 0.382 e. The highest BCUT2D eigenvalue weighted by atomic mass is 16.1. The number of nitrogens with two attached hydrogens (primary N) is 2. The van der Waals surface area contributed by atoms with Crippen LogP contribution < -0.4 is 22.3 Å². The summed E-state index contributed by atoms with van der Waals surface area (Å²) >= 11 is 0. The number of benzene rings is 2. The Labute approximate surface area is 214 Å². The highest BCUT2D eigenvalue weighted by molar-refractivity contribution is 5.84. The Balaban J connectivity index is 1.62. The first kappa shape index (κ1) is 24.2. The molecule has 5 aromatic rings. The molecule has 5 N–H and O–H groups in total. The molecule has 0 fully saturated rings. The van der Waals surface area contributed by atoms with Crippen LogP contribution in [-0.4, -0.2) is 29.7 Å². The fraction of sp³-hybridized carbons (Fsp3) is 0.214. The average Bonchev–Trinajstić information content (AvgIpc) is 3.20. The molecule has 3 aromatic heterocycles. The van der Waals surface area contributed by atoms with E-state index < -0.39 is 5.54 Å². The molecule has 2 aromatic carbocycles. The normalized spacial score (nSPS) is 12.4. The minimum absolute atomic E-state index is 0.197. The van der Waals surface area contributed by atoms with Crippen molar-refractivity contribution in [3.8, 4) is 17.5 Å². The fourth-order valence-electron chi connectivity index (χ4n) is 4.16. The molecule has 0 aliphatic carbocycles. The van der Waals surface area contributed by atoms with Gasteiger partial charge in [0.2, 0.25) is 0 Å². The van der Waals surface area contributed by atoms with Gasteiger partial charge in [0, 0.05) is 24.5 Å². The standard InChI is InChI=1S/C28H28N8O/c1-18(32-17-21-24(29)34-35-16-8-15-31-26(21)35)25-33-22-12-7-9-19(13-14-28(2,3)30)23(22)27(37)36(25)20-10-5-4-6-11-20/h4-12,15-16,18,32H,17,30H2,1-3H3,(H2,29,34). The van der Waals surface area contributed by atoms with E-state index in [9.17, 15) is 4.79 Å². The van der Waals surface area contributed by atoms with E-state index in [4.69, 9.17) is 16.5 Å². The number of nitrogens with zero attached hydrogens (tertiary/aromatic N) is 5. The van der Waals surface area contributed by atoms with Crippen molar-refractivity contribution in [1.82, 2.24) is 29.5 Å². The summed E-state index contributed by atoms with van der Waals surface area (Å²) in [4.78, 5) is 23.4. The maximum absolute atomic E-state index is 14.0. The SMILES string of the molecule is CC(NCc1c(N)nn2cccnc12)c1nc2cccc(C#CC(C)(C)N)c2c(=O)n1-c1ccccc1. The molecule has 186 valence electrons. The minimum atomic E-state index is -0.693. The van der Waals surface area contributed by atoms with Crippen LogP contribution in [0, 0.1) is 11.8 Å². The molecule has 0 aliphatic heterocycles. The molecule has 0 saturated carbocycles. The third-order valence-electron chi connectivity index (χ3n) is 5.95. The lowest BCUT2D eigenvalue weighted by atomic mass is 10.1. The number of nitrogens with one attached hydrogen (secondary N) is 1. The minimum Gasteiger partial charge on any atom is -0.382 e. The van der Waals surface area contributed by atoms with Crippen LogP contribution in [0.3, 0.4) is 0 Å². The summed E-state index contributed by atoms with van der Waals surface area (Å²) in [5.74, 6) is 7.08. The lowest BCUT2D eigenvalue weighted by Gasteiger charge is -2.20. The van der Waals surface area contributed by atoms with Crippen LogP contribution in [0.15, 0.2) is 71.8 Å². The van der Waals surface area contributed by atoms with Crippen LogP contribution >= 0.6 is 0 Å². The van der Waals surface area contributed by atoms with Gasteiger partial charge in [0.25, 0.3) is 5.56 Å². The first-order valence-electron chi connectivity index (χ1n) is 12.0. The Morgan fingerprint density at radius 1 is 1.11 bits per heavy atom. The number of aromatic nitrogens is 5. The zero-order valence-electron chi connectivity index (χ0n) is 20.9. The van der Waals surface area contributed by atoms with Gasteiger partial charge in [-0.05, 0) is 51.1 Å². The molecule has 3 heterocycles. The Morgan fingerprint density at radius 3 is 2.65 bits per heavy atom. The topological polar surface area (TPSA) is 129 Å². The molecule has 9 heteroatoms. The number of anilines is 1. The second kappa shape index (κ2) is 9.50. The van der Waals surface area contributed by atoms with Gasteiger partial charge in [-0.1, -0.05) is 36.1 Å². The van der Waals surface area contributed by atoms with Gasteiger partial charge in [-0.25, -0.2) is 14.5 Å². The second-order valence-electron chi connectivity index (χ2n) is 9.47. The maximum atomic E-state index is 14.0. The summed E-state index contributed by atoms with van der Waals surface area (Å²) in [7, 11) is 0. The van der Waals surface area contributed by atoms with E-state index in [2.05, 4.69) is 27.2 Å².